The summed E-state index contributed by atoms with van der Waals surface area (Å²) in [7, 11) is 4.01. The van der Waals surface area contributed by atoms with Gasteiger partial charge in [0.2, 0.25) is 0 Å². The number of hydrogen-bond donors (Lipinski definition) is 1. The molecule has 0 bridgehead atoms. The van der Waals surface area contributed by atoms with E-state index in [0.717, 1.165) is 24.0 Å². The van der Waals surface area contributed by atoms with Gasteiger partial charge in [0.05, 0.1) is 5.69 Å². The second-order valence-corrected chi connectivity index (χ2v) is 6.05. The maximum Gasteiger partial charge on any atom is 0.0842 e. The Morgan fingerprint density at radius 2 is 2.11 bits per heavy atom. The molecule has 1 atom stereocenters. The van der Waals surface area contributed by atoms with Gasteiger partial charge in [-0.1, -0.05) is 37.8 Å². The summed E-state index contributed by atoms with van der Waals surface area (Å²) in [6, 6.07) is 0.555. The van der Waals surface area contributed by atoms with Crippen molar-refractivity contribution in [3.8, 4) is 0 Å². The Bertz CT molecular complexity index is 366. The summed E-state index contributed by atoms with van der Waals surface area (Å²) in [5, 5.41) is 11.7. The van der Waals surface area contributed by atoms with Gasteiger partial charge in [-0.25, -0.2) is 0 Å². The maximum atomic E-state index is 4.22. The first-order valence-corrected chi connectivity index (χ1v) is 7.75. The highest BCUT2D eigenvalue weighted by Gasteiger charge is 2.27. The van der Waals surface area contributed by atoms with E-state index in [0.29, 0.717) is 6.04 Å². The van der Waals surface area contributed by atoms with Crippen molar-refractivity contribution < 1.29 is 0 Å². The van der Waals surface area contributed by atoms with Crippen LogP contribution in [0.4, 0.5) is 0 Å². The summed E-state index contributed by atoms with van der Waals surface area (Å²) in [5.74, 6) is 1.79. The van der Waals surface area contributed by atoms with Gasteiger partial charge in [-0.2, -0.15) is 0 Å². The molecule has 0 aliphatic heterocycles. The Balaban J connectivity index is 1.85. The van der Waals surface area contributed by atoms with Crippen molar-refractivity contribution in [2.24, 2.45) is 18.9 Å². The molecule has 0 radical (unpaired) electrons. The van der Waals surface area contributed by atoms with Gasteiger partial charge >= 0.3 is 0 Å². The highest BCUT2D eigenvalue weighted by atomic mass is 15.4. The van der Waals surface area contributed by atoms with Crippen molar-refractivity contribution in [3.63, 3.8) is 0 Å². The van der Waals surface area contributed by atoms with Crippen LogP contribution < -0.4 is 5.32 Å². The lowest BCUT2D eigenvalue weighted by Gasteiger charge is -2.33. The molecule has 0 spiro atoms. The van der Waals surface area contributed by atoms with Crippen LogP contribution in [0.2, 0.25) is 0 Å². The molecule has 108 valence electrons. The fraction of sp³-hybridized carbons (Fsp3) is 0.867. The van der Waals surface area contributed by atoms with Gasteiger partial charge in [-0.05, 0) is 31.7 Å². The molecule has 1 heterocycles. The minimum atomic E-state index is 0.555. The van der Waals surface area contributed by atoms with E-state index < -0.39 is 0 Å². The molecule has 4 nitrogen and oxygen atoms in total. The first-order chi connectivity index (χ1) is 9.22. The highest BCUT2D eigenvalue weighted by Crippen LogP contribution is 2.33. The number of aryl methyl sites for hydroxylation is 1. The van der Waals surface area contributed by atoms with Crippen LogP contribution in [-0.4, -0.2) is 28.1 Å². The summed E-state index contributed by atoms with van der Waals surface area (Å²) in [6.07, 6.45) is 11.4. The highest BCUT2D eigenvalue weighted by molar-refractivity contribution is 4.97. The van der Waals surface area contributed by atoms with Crippen LogP contribution >= 0.6 is 0 Å². The van der Waals surface area contributed by atoms with Crippen LogP contribution in [0.3, 0.4) is 0 Å². The van der Waals surface area contributed by atoms with E-state index in [2.05, 4.69) is 29.6 Å². The van der Waals surface area contributed by atoms with Crippen LogP contribution in [0.15, 0.2) is 6.20 Å². The zero-order chi connectivity index (χ0) is 13.7. The quantitative estimate of drug-likeness (QED) is 0.858. The molecular formula is C15H28N4. The van der Waals surface area contributed by atoms with Gasteiger partial charge in [0.15, 0.2) is 0 Å². The molecular weight excluding hydrogens is 236 g/mol. The molecule has 1 aliphatic rings. The van der Waals surface area contributed by atoms with Crippen molar-refractivity contribution >= 4 is 0 Å². The number of hydrogen-bond acceptors (Lipinski definition) is 3. The van der Waals surface area contributed by atoms with Gasteiger partial charge in [0.1, 0.15) is 0 Å². The second-order valence-electron chi connectivity index (χ2n) is 6.05. The zero-order valence-electron chi connectivity index (χ0n) is 12.6. The Morgan fingerprint density at radius 3 is 2.63 bits per heavy atom. The average molecular weight is 264 g/mol. The second kappa shape index (κ2) is 7.04. The van der Waals surface area contributed by atoms with E-state index in [4.69, 9.17) is 0 Å². The lowest BCUT2D eigenvalue weighted by Crippen LogP contribution is -2.37. The van der Waals surface area contributed by atoms with E-state index in [1.165, 1.54) is 38.5 Å². The van der Waals surface area contributed by atoms with Gasteiger partial charge in [-0.3, -0.25) is 4.68 Å². The predicted octanol–water partition coefficient (Wildman–Crippen LogP) is 2.55. The average Bonchev–Trinajstić information content (AvgIpc) is 2.83. The smallest absolute Gasteiger partial charge is 0.0842 e. The van der Waals surface area contributed by atoms with E-state index in [-0.39, 0.29) is 0 Å². The summed E-state index contributed by atoms with van der Waals surface area (Å²) < 4.78 is 1.79. The third-order valence-corrected chi connectivity index (χ3v) is 4.61. The first kappa shape index (κ1) is 14.5. The minimum Gasteiger partial charge on any atom is -0.316 e. The molecule has 1 unspecified atom stereocenters. The molecule has 1 N–H and O–H groups in total. The van der Waals surface area contributed by atoms with Crippen LogP contribution in [0.5, 0.6) is 0 Å². The Labute approximate surface area is 117 Å². The van der Waals surface area contributed by atoms with Gasteiger partial charge in [0, 0.05) is 25.7 Å². The fourth-order valence-corrected chi connectivity index (χ4v) is 3.51. The van der Waals surface area contributed by atoms with Crippen molar-refractivity contribution in [2.75, 3.05) is 7.05 Å². The zero-order valence-corrected chi connectivity index (χ0v) is 12.6. The molecule has 2 rings (SSSR count). The standard InChI is InChI=1S/C15H28N4/c1-4-5-12-6-8-13(9-7-12)15(16-2)10-14-11-19(3)18-17-14/h11-13,15-16H,4-10H2,1-3H3. The minimum absolute atomic E-state index is 0.555. The monoisotopic (exact) mass is 264 g/mol. The molecule has 1 aliphatic carbocycles. The van der Waals surface area contributed by atoms with Crippen molar-refractivity contribution in [2.45, 2.75) is 57.9 Å². The van der Waals surface area contributed by atoms with E-state index >= 15 is 0 Å². The number of nitrogens with one attached hydrogen (secondary N) is 1. The van der Waals surface area contributed by atoms with Crippen molar-refractivity contribution in [1.82, 2.24) is 20.3 Å². The Hall–Kier alpha value is -0.900. The van der Waals surface area contributed by atoms with Gasteiger partial charge in [-0.15, -0.1) is 5.10 Å². The van der Waals surface area contributed by atoms with E-state index in [1.54, 1.807) is 4.68 Å². The largest absolute Gasteiger partial charge is 0.316 e. The number of rotatable bonds is 6. The predicted molar refractivity (Wildman–Crippen MR) is 77.9 cm³/mol. The van der Waals surface area contributed by atoms with Crippen LogP contribution in [0.25, 0.3) is 0 Å². The Morgan fingerprint density at radius 1 is 1.37 bits per heavy atom. The normalized spacial score (nSPS) is 25.4. The van der Waals surface area contributed by atoms with E-state index in [9.17, 15) is 0 Å². The summed E-state index contributed by atoms with van der Waals surface area (Å²) in [5.41, 5.74) is 1.11. The molecule has 1 aromatic rings. The maximum absolute atomic E-state index is 4.22. The summed E-state index contributed by atoms with van der Waals surface area (Å²) in [4.78, 5) is 0. The topological polar surface area (TPSA) is 42.7 Å². The summed E-state index contributed by atoms with van der Waals surface area (Å²) in [6.45, 7) is 2.30. The molecule has 0 aromatic carbocycles. The van der Waals surface area contributed by atoms with Gasteiger partial charge in [0.25, 0.3) is 0 Å². The first-order valence-electron chi connectivity index (χ1n) is 7.75. The third kappa shape index (κ3) is 4.03. The number of likely N-dealkylation sites (N-methyl/N-ethyl adjacent to an activating group) is 1. The lowest BCUT2D eigenvalue weighted by molar-refractivity contribution is 0.217. The van der Waals surface area contributed by atoms with Crippen molar-refractivity contribution in [1.29, 1.82) is 0 Å². The number of aromatic nitrogens is 3. The lowest BCUT2D eigenvalue weighted by atomic mass is 9.76. The summed E-state index contributed by atoms with van der Waals surface area (Å²) >= 11 is 0. The molecule has 1 aromatic heterocycles. The molecule has 0 saturated heterocycles. The fourth-order valence-electron chi connectivity index (χ4n) is 3.51. The Kier molecular flexibility index (Phi) is 5.37. The SMILES string of the molecule is CCCC1CCC(C(Cc2cn(C)nn2)NC)CC1. The molecule has 1 fully saturated rings. The van der Waals surface area contributed by atoms with Crippen LogP contribution in [0.1, 0.15) is 51.1 Å². The molecule has 4 heteroatoms. The van der Waals surface area contributed by atoms with Crippen LogP contribution in [-0.2, 0) is 13.5 Å². The van der Waals surface area contributed by atoms with Crippen LogP contribution in [0, 0.1) is 11.8 Å². The molecule has 19 heavy (non-hydrogen) atoms. The molecule has 0 amide bonds. The third-order valence-electron chi connectivity index (χ3n) is 4.61. The van der Waals surface area contributed by atoms with Gasteiger partial charge < -0.3 is 5.32 Å². The van der Waals surface area contributed by atoms with E-state index in [1.807, 2.05) is 13.2 Å². The number of nitrogens with zero attached hydrogens (tertiary/aromatic N) is 3. The molecule has 1 saturated carbocycles. The van der Waals surface area contributed by atoms with Crippen molar-refractivity contribution in [3.05, 3.63) is 11.9 Å².